The number of pyridine rings is 1. The quantitative estimate of drug-likeness (QED) is 0.649. The normalized spacial score (nSPS) is 20.1. The first kappa shape index (κ1) is 21.8. The predicted octanol–water partition coefficient (Wildman–Crippen LogP) is 2.73. The highest BCUT2D eigenvalue weighted by Crippen LogP contribution is 2.28. The lowest BCUT2D eigenvalue weighted by Gasteiger charge is -2.33. The van der Waals surface area contributed by atoms with E-state index < -0.39 is 0 Å². The molecule has 5 heterocycles. The van der Waals surface area contributed by atoms with Crippen LogP contribution in [0.25, 0.3) is 5.65 Å². The summed E-state index contributed by atoms with van der Waals surface area (Å²) in [5.41, 5.74) is 4.55. The van der Waals surface area contributed by atoms with Crippen molar-refractivity contribution in [2.45, 2.75) is 58.5 Å². The minimum Gasteiger partial charge on any atom is -0.342 e. The summed E-state index contributed by atoms with van der Waals surface area (Å²) in [6, 6.07) is 6.04. The van der Waals surface area contributed by atoms with E-state index in [9.17, 15) is 9.59 Å². The third kappa shape index (κ3) is 4.31. The van der Waals surface area contributed by atoms with Gasteiger partial charge in [-0.05, 0) is 37.0 Å². The molecule has 1 N–H and O–H groups in total. The largest absolute Gasteiger partial charge is 0.342 e. The van der Waals surface area contributed by atoms with E-state index in [1.165, 1.54) is 5.56 Å². The third-order valence-corrected chi connectivity index (χ3v) is 7.22. The van der Waals surface area contributed by atoms with E-state index in [1.54, 1.807) is 16.9 Å². The molecule has 1 saturated heterocycles. The van der Waals surface area contributed by atoms with Gasteiger partial charge in [0.05, 0.1) is 11.3 Å². The zero-order chi connectivity index (χ0) is 22.9. The molecule has 0 aromatic carbocycles. The molecular weight excluding hydrogens is 416 g/mol. The first-order valence-corrected chi connectivity index (χ1v) is 12.1. The summed E-state index contributed by atoms with van der Waals surface area (Å²) in [4.78, 5) is 39.3. The van der Waals surface area contributed by atoms with Gasteiger partial charge in [0.2, 0.25) is 5.91 Å². The van der Waals surface area contributed by atoms with Gasteiger partial charge < -0.3 is 4.90 Å². The van der Waals surface area contributed by atoms with Gasteiger partial charge in [-0.1, -0.05) is 13.8 Å². The first-order valence-electron chi connectivity index (χ1n) is 12.1. The Bertz CT molecular complexity index is 1200. The molecule has 8 heteroatoms. The fraction of sp³-hybridized carbons (Fsp3) is 0.520. The molecule has 0 saturated carbocycles. The summed E-state index contributed by atoms with van der Waals surface area (Å²) in [6.07, 6.45) is 7.21. The number of carbonyl (C=O) groups excluding carboxylic acids is 1. The highest BCUT2D eigenvalue weighted by molar-refractivity contribution is 5.78. The Balaban J connectivity index is 1.38. The number of aromatic amines is 1. The maximum absolute atomic E-state index is 13.4. The Morgan fingerprint density at radius 3 is 2.88 bits per heavy atom. The molecule has 8 nitrogen and oxygen atoms in total. The monoisotopic (exact) mass is 448 g/mol. The molecule has 2 aliphatic heterocycles. The van der Waals surface area contributed by atoms with Crippen molar-refractivity contribution in [3.63, 3.8) is 0 Å². The predicted molar refractivity (Wildman–Crippen MR) is 126 cm³/mol. The molecule has 174 valence electrons. The minimum atomic E-state index is -0.0102. The fourth-order valence-corrected chi connectivity index (χ4v) is 5.06. The molecular formula is C25H32N6O2. The van der Waals surface area contributed by atoms with Crippen LogP contribution in [0.2, 0.25) is 0 Å². The topological polar surface area (TPSA) is 86.6 Å². The van der Waals surface area contributed by atoms with Crippen molar-refractivity contribution >= 4 is 11.6 Å². The van der Waals surface area contributed by atoms with Gasteiger partial charge in [-0.2, -0.15) is 0 Å². The van der Waals surface area contributed by atoms with Crippen molar-refractivity contribution in [1.29, 1.82) is 0 Å². The van der Waals surface area contributed by atoms with E-state index in [2.05, 4.69) is 21.9 Å². The maximum atomic E-state index is 13.4. The van der Waals surface area contributed by atoms with Crippen LogP contribution < -0.4 is 5.56 Å². The van der Waals surface area contributed by atoms with Gasteiger partial charge in [0.25, 0.3) is 5.56 Å². The van der Waals surface area contributed by atoms with E-state index in [0.29, 0.717) is 18.7 Å². The van der Waals surface area contributed by atoms with Gasteiger partial charge in [0.15, 0.2) is 5.65 Å². The zero-order valence-corrected chi connectivity index (χ0v) is 19.5. The number of amides is 1. The zero-order valence-electron chi connectivity index (χ0n) is 19.5. The van der Waals surface area contributed by atoms with Crippen LogP contribution in [0.5, 0.6) is 0 Å². The Morgan fingerprint density at radius 2 is 2.09 bits per heavy atom. The average molecular weight is 449 g/mol. The minimum absolute atomic E-state index is 0.0102. The van der Waals surface area contributed by atoms with Crippen LogP contribution in [0.1, 0.15) is 61.5 Å². The number of hydrogen-bond donors (Lipinski definition) is 1. The molecule has 0 bridgehead atoms. The van der Waals surface area contributed by atoms with Crippen LogP contribution in [0.15, 0.2) is 35.4 Å². The Kier molecular flexibility index (Phi) is 6.01. The number of hydrogen-bond acceptors (Lipinski definition) is 5. The number of rotatable bonds is 5. The van der Waals surface area contributed by atoms with E-state index in [-0.39, 0.29) is 23.3 Å². The number of likely N-dealkylation sites (tertiary alicyclic amines) is 1. The number of fused-ring (bicyclic) bond motifs is 2. The van der Waals surface area contributed by atoms with Gasteiger partial charge in [-0.3, -0.25) is 24.6 Å². The van der Waals surface area contributed by atoms with Gasteiger partial charge in [-0.15, -0.1) is 0 Å². The number of nitrogens with one attached hydrogen (secondary N) is 1. The van der Waals surface area contributed by atoms with Crippen LogP contribution >= 0.6 is 0 Å². The van der Waals surface area contributed by atoms with Crippen molar-refractivity contribution in [2.24, 2.45) is 5.92 Å². The van der Waals surface area contributed by atoms with E-state index in [4.69, 9.17) is 4.98 Å². The van der Waals surface area contributed by atoms with Gasteiger partial charge in [0, 0.05) is 75.1 Å². The molecule has 0 aliphatic carbocycles. The second-order valence-electron chi connectivity index (χ2n) is 9.50. The van der Waals surface area contributed by atoms with E-state index in [1.807, 2.05) is 30.0 Å². The number of H-pyrrole nitrogens is 1. The second kappa shape index (κ2) is 9.09. The fourth-order valence-electron chi connectivity index (χ4n) is 5.06. The Morgan fingerprint density at radius 1 is 1.27 bits per heavy atom. The Labute approximate surface area is 193 Å². The van der Waals surface area contributed by atoms with Crippen molar-refractivity contribution in [3.05, 3.63) is 63.5 Å². The van der Waals surface area contributed by atoms with Gasteiger partial charge in [0.1, 0.15) is 0 Å². The molecule has 2 atom stereocenters. The summed E-state index contributed by atoms with van der Waals surface area (Å²) >= 11 is 0. The highest BCUT2D eigenvalue weighted by Gasteiger charge is 2.29. The molecule has 5 rings (SSSR count). The summed E-state index contributed by atoms with van der Waals surface area (Å²) in [5, 5.41) is 3.33. The van der Waals surface area contributed by atoms with Gasteiger partial charge >= 0.3 is 0 Å². The Hall–Kier alpha value is -3.00. The lowest BCUT2D eigenvalue weighted by atomic mass is 9.93. The smallest absolute Gasteiger partial charge is 0.277 e. The van der Waals surface area contributed by atoms with Crippen LogP contribution in [0.4, 0.5) is 0 Å². The van der Waals surface area contributed by atoms with Crippen molar-refractivity contribution in [3.8, 4) is 0 Å². The highest BCUT2D eigenvalue weighted by atomic mass is 16.2. The molecule has 3 aromatic rings. The second-order valence-corrected chi connectivity index (χ2v) is 9.50. The lowest BCUT2D eigenvalue weighted by Crippen LogP contribution is -2.41. The molecule has 0 spiro atoms. The standard InChI is InChI=1S/C25H32N6O2/c1-3-17(2)24(32)30-11-4-5-19(15-30)22-13-23-27-21-8-12-29(14-18-6-9-26-10-7-18)16-20(21)25(33)31(23)28-22/h6-7,9-10,13,17,19,28H,3-5,8,11-12,14-16H2,1-2H3/t17-,19-/m1/s1. The summed E-state index contributed by atoms with van der Waals surface area (Å²) in [7, 11) is 0. The molecule has 33 heavy (non-hydrogen) atoms. The average Bonchev–Trinajstić information content (AvgIpc) is 3.29. The van der Waals surface area contributed by atoms with E-state index in [0.717, 1.165) is 62.3 Å². The van der Waals surface area contributed by atoms with E-state index >= 15 is 0 Å². The molecule has 1 fully saturated rings. The van der Waals surface area contributed by atoms with Gasteiger partial charge in [-0.25, -0.2) is 9.50 Å². The number of nitrogens with zero attached hydrogens (tertiary/aromatic N) is 5. The number of piperidine rings is 1. The summed E-state index contributed by atoms with van der Waals surface area (Å²) < 4.78 is 1.60. The third-order valence-electron chi connectivity index (χ3n) is 7.22. The first-order chi connectivity index (χ1) is 16.0. The van der Waals surface area contributed by atoms with Crippen molar-refractivity contribution in [2.75, 3.05) is 19.6 Å². The molecule has 2 aliphatic rings. The van der Waals surface area contributed by atoms with Crippen molar-refractivity contribution in [1.82, 2.24) is 29.4 Å². The molecule has 0 radical (unpaired) electrons. The molecule has 0 unspecified atom stereocenters. The maximum Gasteiger partial charge on any atom is 0.277 e. The van der Waals surface area contributed by atoms with Crippen LogP contribution in [0.3, 0.4) is 0 Å². The summed E-state index contributed by atoms with van der Waals surface area (Å²) in [6.45, 7) is 7.85. The van der Waals surface area contributed by atoms with Crippen LogP contribution in [-0.4, -0.2) is 54.9 Å². The molecule has 3 aromatic heterocycles. The van der Waals surface area contributed by atoms with Crippen molar-refractivity contribution < 1.29 is 4.79 Å². The number of carbonyl (C=O) groups is 1. The molecule has 1 amide bonds. The number of aromatic nitrogens is 4. The lowest BCUT2D eigenvalue weighted by molar-refractivity contribution is -0.136. The van der Waals surface area contributed by atoms with Crippen LogP contribution in [-0.2, 0) is 24.3 Å². The SMILES string of the molecule is CC[C@@H](C)C(=O)N1CCC[C@@H](c2cc3nc4c(c(=O)n3[nH]2)CN(Cc2ccncc2)CC4)C1. The summed E-state index contributed by atoms with van der Waals surface area (Å²) in [5.74, 6) is 0.490. The van der Waals surface area contributed by atoms with Crippen LogP contribution in [0, 0.1) is 5.92 Å².